The maximum absolute atomic E-state index is 14.6. The van der Waals surface area contributed by atoms with Crippen molar-refractivity contribution in [3.63, 3.8) is 0 Å². The van der Waals surface area contributed by atoms with Gasteiger partial charge in [0.05, 0.1) is 13.2 Å². The molecule has 0 aliphatic carbocycles. The molecule has 0 unspecified atom stereocenters. The minimum absolute atomic E-state index is 0.125. The van der Waals surface area contributed by atoms with Crippen molar-refractivity contribution < 1.29 is 33.0 Å². The number of carbonyl (C=O) groups excluding carboxylic acids is 3. The molecule has 0 saturated carbocycles. The van der Waals surface area contributed by atoms with Gasteiger partial charge in [-0.2, -0.15) is 0 Å². The quantitative estimate of drug-likeness (QED) is 0.453. The zero-order valence-corrected chi connectivity index (χ0v) is 24.5. The Morgan fingerprint density at radius 1 is 1.02 bits per heavy atom. The van der Waals surface area contributed by atoms with Crippen molar-refractivity contribution in [3.8, 4) is 17.2 Å². The molecule has 6 rings (SSSR count). The third-order valence-corrected chi connectivity index (χ3v) is 8.17. The summed E-state index contributed by atoms with van der Waals surface area (Å²) in [6.45, 7) is 0.984. The van der Waals surface area contributed by atoms with Crippen LogP contribution in [0.4, 0.5) is 4.39 Å². The van der Waals surface area contributed by atoms with Crippen LogP contribution in [-0.4, -0.2) is 76.3 Å². The summed E-state index contributed by atoms with van der Waals surface area (Å²) in [6.07, 6.45) is 3.18. The van der Waals surface area contributed by atoms with Crippen LogP contribution in [-0.2, 0) is 35.5 Å². The fourth-order valence-corrected chi connectivity index (χ4v) is 5.90. The number of ether oxygens (including phenoxy) is 3. The van der Waals surface area contributed by atoms with E-state index in [-0.39, 0.29) is 49.5 Å². The van der Waals surface area contributed by atoms with Crippen LogP contribution >= 0.6 is 0 Å². The summed E-state index contributed by atoms with van der Waals surface area (Å²) in [4.78, 5) is 41.0. The van der Waals surface area contributed by atoms with Crippen LogP contribution in [0, 0.1) is 5.82 Å². The van der Waals surface area contributed by atoms with E-state index in [0.717, 1.165) is 30.7 Å². The largest absolute Gasteiger partial charge is 0.493 e. The van der Waals surface area contributed by atoms with Gasteiger partial charge in [-0.05, 0) is 54.7 Å². The van der Waals surface area contributed by atoms with Gasteiger partial charge in [0.15, 0.2) is 18.1 Å². The van der Waals surface area contributed by atoms with E-state index in [1.807, 2.05) is 10.6 Å². The molecule has 2 N–H and O–H groups in total. The lowest BCUT2D eigenvalue weighted by Crippen LogP contribution is -2.58. The second kappa shape index (κ2) is 12.9. The molecule has 3 aromatic rings. The molecule has 0 radical (unpaired) electrons. The zero-order valence-electron chi connectivity index (χ0n) is 24.5. The second-order valence-electron chi connectivity index (χ2n) is 11.3. The number of fused-ring (bicyclic) bond motifs is 6. The third-order valence-electron chi connectivity index (χ3n) is 8.17. The summed E-state index contributed by atoms with van der Waals surface area (Å²) in [5.74, 6) is 0.790. The third kappa shape index (κ3) is 6.61. The summed E-state index contributed by atoms with van der Waals surface area (Å²) in [6, 6.07) is 8.95. The van der Waals surface area contributed by atoms with Gasteiger partial charge in [0.25, 0.3) is 11.8 Å². The van der Waals surface area contributed by atoms with E-state index in [4.69, 9.17) is 14.2 Å². The molecule has 4 heterocycles. The number of aromatic nitrogens is 3. The predicted octanol–water partition coefficient (Wildman–Crippen LogP) is 2.18. The first-order valence-corrected chi connectivity index (χ1v) is 14.9. The number of carbonyl (C=O) groups is 3. The Bertz CT molecular complexity index is 1560. The number of nitrogens with zero attached hydrogens (tertiary/aromatic N) is 4. The van der Waals surface area contributed by atoms with Crippen LogP contribution in [0.25, 0.3) is 0 Å². The van der Waals surface area contributed by atoms with Crippen LogP contribution in [0.15, 0.2) is 36.4 Å². The van der Waals surface area contributed by atoms with Crippen molar-refractivity contribution in [1.29, 1.82) is 0 Å². The molecule has 2 aromatic carbocycles. The summed E-state index contributed by atoms with van der Waals surface area (Å²) < 4.78 is 34.0. The number of benzene rings is 2. The average molecular weight is 607 g/mol. The predicted molar refractivity (Wildman–Crippen MR) is 155 cm³/mol. The van der Waals surface area contributed by atoms with Gasteiger partial charge in [0, 0.05) is 51.5 Å². The van der Waals surface area contributed by atoms with E-state index in [1.54, 1.807) is 23.1 Å². The molecule has 2 atom stereocenters. The van der Waals surface area contributed by atoms with Gasteiger partial charge in [-0.1, -0.05) is 6.07 Å². The van der Waals surface area contributed by atoms with Crippen LogP contribution in [0.2, 0.25) is 0 Å². The maximum Gasteiger partial charge on any atom is 0.291 e. The molecule has 232 valence electrons. The van der Waals surface area contributed by atoms with Gasteiger partial charge in [-0.25, -0.2) is 4.39 Å². The number of hydrogen-bond donors (Lipinski definition) is 2. The fraction of sp³-hybridized carbons (Fsp3) is 0.452. The summed E-state index contributed by atoms with van der Waals surface area (Å²) in [5, 5.41) is 14.2. The lowest BCUT2D eigenvalue weighted by Gasteiger charge is -2.38. The Hall–Kier alpha value is -4.68. The Labute approximate surface area is 253 Å². The number of amides is 3. The molecule has 44 heavy (non-hydrogen) atoms. The van der Waals surface area contributed by atoms with Crippen molar-refractivity contribution in [3.05, 3.63) is 65.0 Å². The van der Waals surface area contributed by atoms with Crippen LogP contribution in [0.5, 0.6) is 17.2 Å². The average Bonchev–Trinajstić information content (AvgIpc) is 3.46. The highest BCUT2D eigenvalue weighted by Gasteiger charge is 2.36. The first kappa shape index (κ1) is 29.4. The molecule has 1 aromatic heterocycles. The Morgan fingerprint density at radius 2 is 1.91 bits per heavy atom. The first-order valence-electron chi connectivity index (χ1n) is 14.9. The smallest absolute Gasteiger partial charge is 0.291 e. The molecule has 1 saturated heterocycles. The van der Waals surface area contributed by atoms with Crippen molar-refractivity contribution in [2.75, 3.05) is 26.8 Å². The topological polar surface area (TPSA) is 137 Å². The van der Waals surface area contributed by atoms with E-state index >= 15 is 0 Å². The highest BCUT2D eigenvalue weighted by atomic mass is 19.1. The lowest BCUT2D eigenvalue weighted by molar-refractivity contribution is -0.125. The number of hydrogen-bond acceptors (Lipinski definition) is 8. The number of halogens is 1. The molecule has 12 nitrogen and oxygen atoms in total. The van der Waals surface area contributed by atoms with E-state index in [2.05, 4.69) is 20.8 Å². The zero-order chi connectivity index (χ0) is 30.6. The molecule has 3 amide bonds. The number of rotatable bonds is 2. The van der Waals surface area contributed by atoms with E-state index in [9.17, 15) is 18.8 Å². The molecule has 13 heteroatoms. The van der Waals surface area contributed by atoms with Gasteiger partial charge in [-0.3, -0.25) is 14.4 Å². The van der Waals surface area contributed by atoms with Crippen LogP contribution in [0.3, 0.4) is 0 Å². The normalized spacial score (nSPS) is 20.8. The maximum atomic E-state index is 14.6. The number of likely N-dealkylation sites (tertiary alicyclic amines) is 1. The Morgan fingerprint density at radius 3 is 2.77 bits per heavy atom. The Kier molecular flexibility index (Phi) is 8.62. The molecule has 3 aliphatic rings. The van der Waals surface area contributed by atoms with Crippen molar-refractivity contribution in [2.45, 2.75) is 63.8 Å². The molecule has 4 bridgehead atoms. The minimum Gasteiger partial charge on any atom is -0.493 e. The number of methoxy groups -OCH3 is 1. The second-order valence-corrected chi connectivity index (χ2v) is 11.3. The lowest BCUT2D eigenvalue weighted by atomic mass is 10.0. The van der Waals surface area contributed by atoms with Gasteiger partial charge >= 0.3 is 0 Å². The molecular weight excluding hydrogens is 571 g/mol. The highest BCUT2D eigenvalue weighted by molar-refractivity contribution is 5.91. The number of piperidine rings is 1. The van der Waals surface area contributed by atoms with E-state index in [0.29, 0.717) is 43.0 Å². The van der Waals surface area contributed by atoms with Crippen molar-refractivity contribution in [1.82, 2.24) is 30.3 Å². The molecular formula is C31H35FN6O6. The molecule has 3 aliphatic heterocycles. The van der Waals surface area contributed by atoms with Gasteiger partial charge in [-0.15, -0.1) is 10.2 Å². The standard InChI is InChI=1S/C31H35FN6O6/c1-42-25-7-5-19-6-8-28(39)33-16-20-12-21(32)15-22(13-20)44-24-9-11-37(17-23(24)34-29(40)18-43-26(25)14-19)31(41)30-36-35-27-4-2-3-10-38(27)30/h5,7,12-15,23-24H,2-4,6,8-11,16-18H2,1H3,(H,33,39)(H,34,40)/t23-,24-/m1/s1. The van der Waals surface area contributed by atoms with Gasteiger partial charge in [0.1, 0.15) is 23.5 Å². The van der Waals surface area contributed by atoms with E-state index in [1.165, 1.54) is 19.2 Å². The minimum atomic E-state index is -0.633. The monoisotopic (exact) mass is 606 g/mol. The summed E-state index contributed by atoms with van der Waals surface area (Å²) >= 11 is 0. The fourth-order valence-electron chi connectivity index (χ4n) is 5.90. The van der Waals surface area contributed by atoms with E-state index < -0.39 is 23.9 Å². The summed E-state index contributed by atoms with van der Waals surface area (Å²) in [7, 11) is 1.51. The van der Waals surface area contributed by atoms with Crippen LogP contribution in [0.1, 0.15) is 53.3 Å². The SMILES string of the molecule is COc1ccc2cc1OCC(=O)N[C@@H]1CN(C(=O)c3nnc4n3CCCC4)CC[C@H]1Oc1cc(F)cc(c1)CNC(=O)CC2. The van der Waals surface area contributed by atoms with Gasteiger partial charge in [0.2, 0.25) is 11.7 Å². The number of aryl methyl sites for hydroxylation is 2. The van der Waals surface area contributed by atoms with Crippen LogP contribution < -0.4 is 24.8 Å². The van der Waals surface area contributed by atoms with Crippen molar-refractivity contribution >= 4 is 17.7 Å². The highest BCUT2D eigenvalue weighted by Crippen LogP contribution is 2.29. The summed E-state index contributed by atoms with van der Waals surface area (Å²) in [5.41, 5.74) is 1.37. The molecule has 0 spiro atoms. The number of nitrogens with one attached hydrogen (secondary N) is 2. The van der Waals surface area contributed by atoms with Gasteiger partial charge < -0.3 is 34.3 Å². The first-order chi connectivity index (χ1) is 21.4. The Balaban J connectivity index is 1.26. The van der Waals surface area contributed by atoms with Crippen molar-refractivity contribution in [2.24, 2.45) is 0 Å². The molecule has 1 fully saturated rings.